The number of nitrogens with zero attached hydrogens (tertiary/aromatic N) is 2. The number of nitrogens with one attached hydrogen (secondary N) is 1. The second kappa shape index (κ2) is 7.06. The van der Waals surface area contributed by atoms with E-state index < -0.39 is 6.04 Å². The van der Waals surface area contributed by atoms with Crippen LogP contribution in [0.25, 0.3) is 0 Å². The van der Waals surface area contributed by atoms with E-state index in [0.29, 0.717) is 40.9 Å². The van der Waals surface area contributed by atoms with Gasteiger partial charge in [-0.25, -0.2) is 4.99 Å². The van der Waals surface area contributed by atoms with Gasteiger partial charge >= 0.3 is 0 Å². The zero-order valence-corrected chi connectivity index (χ0v) is 14.7. The Morgan fingerprint density at radius 2 is 1.96 bits per heavy atom. The minimum atomic E-state index is -0.636. The molecule has 0 aliphatic carbocycles. The maximum atomic E-state index is 10.7. The van der Waals surface area contributed by atoms with Gasteiger partial charge in [0.15, 0.2) is 23.0 Å². The third kappa shape index (κ3) is 3.21. The van der Waals surface area contributed by atoms with Gasteiger partial charge in [-0.2, -0.15) is 0 Å². The molecule has 0 unspecified atom stereocenters. The molecule has 0 saturated heterocycles. The van der Waals surface area contributed by atoms with Crippen molar-refractivity contribution in [3.05, 3.63) is 41.5 Å². The van der Waals surface area contributed by atoms with Crippen LogP contribution < -0.4 is 19.5 Å². The van der Waals surface area contributed by atoms with Crippen molar-refractivity contribution in [2.75, 3.05) is 20.4 Å². The van der Waals surface area contributed by atoms with Crippen LogP contribution in [0.5, 0.6) is 28.7 Å². The van der Waals surface area contributed by atoms with Gasteiger partial charge in [-0.15, -0.1) is 0 Å². The van der Waals surface area contributed by atoms with Gasteiger partial charge in [0.2, 0.25) is 12.8 Å². The molecule has 27 heavy (non-hydrogen) atoms. The van der Waals surface area contributed by atoms with Crippen molar-refractivity contribution in [3.63, 3.8) is 0 Å². The van der Waals surface area contributed by atoms with Crippen molar-refractivity contribution in [1.82, 2.24) is 5.32 Å². The molecule has 2 aliphatic heterocycles. The lowest BCUT2D eigenvalue weighted by Gasteiger charge is -2.23. The molecule has 3 N–H and O–H groups in total. The van der Waals surface area contributed by atoms with Gasteiger partial charge in [0, 0.05) is 36.4 Å². The number of hydrogen-bond acceptors (Lipinski definition) is 8. The zero-order valence-electron chi connectivity index (χ0n) is 14.7. The molecule has 8 nitrogen and oxygen atoms in total. The topological polar surface area (TPSA) is 105 Å². The fourth-order valence-corrected chi connectivity index (χ4v) is 3.07. The van der Waals surface area contributed by atoms with Crippen LogP contribution in [0.15, 0.2) is 40.3 Å². The van der Waals surface area contributed by atoms with Crippen LogP contribution in [0.1, 0.15) is 23.6 Å². The minimum absolute atomic E-state index is 0.000594. The molecule has 0 radical (unpaired) electrons. The highest BCUT2D eigenvalue weighted by atomic mass is 16.7. The van der Waals surface area contributed by atoms with E-state index in [1.54, 1.807) is 30.5 Å². The number of guanidine groups is 1. The number of para-hydroxylation sites is 1. The summed E-state index contributed by atoms with van der Waals surface area (Å²) in [5.74, 6) is 1.71. The Labute approximate surface area is 155 Å². The van der Waals surface area contributed by atoms with E-state index in [-0.39, 0.29) is 18.3 Å². The maximum absolute atomic E-state index is 10.7. The molecule has 0 fully saturated rings. The standard InChI is InChI=1S/C19H19N3O5/c1-25-14-5-2-4-11(18(14)24)17(22-19-20-6-3-7-21-19)12-8-15-16(9-13(12)23)27-10-26-15/h2,4-6,8-9,17,23-24H,3,7,10H2,1H3,(H,21,22)/t17-/m0/s1. The summed E-state index contributed by atoms with van der Waals surface area (Å²) in [6.45, 7) is 0.716. The molecular weight excluding hydrogens is 350 g/mol. The van der Waals surface area contributed by atoms with E-state index in [1.165, 1.54) is 13.2 Å². The van der Waals surface area contributed by atoms with Gasteiger partial charge in [0.1, 0.15) is 5.75 Å². The molecule has 0 spiro atoms. The number of methoxy groups -OCH3 is 1. The van der Waals surface area contributed by atoms with Crippen molar-refractivity contribution in [2.45, 2.75) is 12.5 Å². The molecule has 4 rings (SSSR count). The van der Waals surface area contributed by atoms with Gasteiger partial charge in [-0.1, -0.05) is 12.1 Å². The summed E-state index contributed by atoms with van der Waals surface area (Å²) in [5.41, 5.74) is 0.998. The molecule has 0 saturated carbocycles. The Kier molecular flexibility index (Phi) is 4.45. The first-order valence-electron chi connectivity index (χ1n) is 8.49. The first-order chi connectivity index (χ1) is 13.2. The van der Waals surface area contributed by atoms with Crippen LogP contribution in [0.4, 0.5) is 0 Å². The number of hydrogen-bond donors (Lipinski definition) is 3. The Balaban J connectivity index is 1.82. The monoisotopic (exact) mass is 369 g/mol. The molecule has 2 aromatic carbocycles. The summed E-state index contributed by atoms with van der Waals surface area (Å²) in [4.78, 5) is 8.61. The van der Waals surface area contributed by atoms with Crippen molar-refractivity contribution < 1.29 is 24.4 Å². The Hall–Kier alpha value is -3.42. The van der Waals surface area contributed by atoms with Crippen LogP contribution in [-0.4, -0.2) is 42.8 Å². The Morgan fingerprint density at radius 3 is 2.70 bits per heavy atom. The lowest BCUT2D eigenvalue weighted by molar-refractivity contribution is 0.174. The molecule has 1 atom stereocenters. The van der Waals surface area contributed by atoms with Crippen molar-refractivity contribution in [3.8, 4) is 28.7 Å². The molecule has 140 valence electrons. The number of ether oxygens (including phenoxy) is 3. The van der Waals surface area contributed by atoms with E-state index in [4.69, 9.17) is 14.2 Å². The molecule has 0 aromatic heterocycles. The van der Waals surface area contributed by atoms with Crippen LogP contribution in [0, 0.1) is 0 Å². The van der Waals surface area contributed by atoms with Crippen molar-refractivity contribution >= 4 is 12.2 Å². The predicted molar refractivity (Wildman–Crippen MR) is 99.3 cm³/mol. The van der Waals surface area contributed by atoms with Gasteiger partial charge in [-0.3, -0.25) is 4.99 Å². The summed E-state index contributed by atoms with van der Waals surface area (Å²) in [6.07, 6.45) is 2.55. The largest absolute Gasteiger partial charge is 0.507 e. The summed E-state index contributed by atoms with van der Waals surface area (Å²) in [5, 5.41) is 24.4. The van der Waals surface area contributed by atoms with Gasteiger partial charge in [0.25, 0.3) is 0 Å². The third-order valence-electron chi connectivity index (χ3n) is 4.40. The lowest BCUT2D eigenvalue weighted by atomic mass is 9.96. The summed E-state index contributed by atoms with van der Waals surface area (Å²) >= 11 is 0. The van der Waals surface area contributed by atoms with E-state index in [2.05, 4.69) is 15.3 Å². The lowest BCUT2D eigenvalue weighted by Crippen LogP contribution is -2.29. The number of phenolic OH excluding ortho intramolecular Hbond substituents is 2. The van der Waals surface area contributed by atoms with Crippen LogP contribution in [-0.2, 0) is 0 Å². The highest BCUT2D eigenvalue weighted by Gasteiger charge is 2.27. The SMILES string of the molecule is COc1cccc([C@H](NC2=NCCC=N2)c2cc3c(cc2O)OCO3)c1O. The number of rotatable bonds is 4. The maximum Gasteiger partial charge on any atom is 0.231 e. The number of benzene rings is 2. The highest BCUT2D eigenvalue weighted by Crippen LogP contribution is 2.44. The van der Waals surface area contributed by atoms with Crippen LogP contribution in [0.3, 0.4) is 0 Å². The van der Waals surface area contributed by atoms with Gasteiger partial charge in [-0.05, 0) is 12.1 Å². The van der Waals surface area contributed by atoms with Crippen molar-refractivity contribution in [2.24, 2.45) is 9.98 Å². The highest BCUT2D eigenvalue weighted by molar-refractivity contribution is 5.90. The van der Waals surface area contributed by atoms with E-state index in [9.17, 15) is 10.2 Å². The Bertz CT molecular complexity index is 926. The predicted octanol–water partition coefficient (Wildman–Crippen LogP) is 2.34. The first-order valence-corrected chi connectivity index (χ1v) is 8.49. The second-order valence-electron chi connectivity index (χ2n) is 6.05. The second-order valence-corrected chi connectivity index (χ2v) is 6.05. The molecule has 0 amide bonds. The molecule has 8 heteroatoms. The zero-order chi connectivity index (χ0) is 18.8. The van der Waals surface area contributed by atoms with Crippen LogP contribution in [0.2, 0.25) is 0 Å². The minimum Gasteiger partial charge on any atom is -0.507 e. The summed E-state index contributed by atoms with van der Waals surface area (Å²) < 4.78 is 16.0. The number of aromatic hydroxyl groups is 2. The Morgan fingerprint density at radius 1 is 1.15 bits per heavy atom. The third-order valence-corrected chi connectivity index (χ3v) is 4.40. The fourth-order valence-electron chi connectivity index (χ4n) is 3.07. The molecule has 2 aromatic rings. The number of aliphatic imine (C=N–C) groups is 2. The first kappa shape index (κ1) is 17.0. The normalized spacial score (nSPS) is 16.0. The van der Waals surface area contributed by atoms with E-state index >= 15 is 0 Å². The number of phenols is 2. The average molecular weight is 369 g/mol. The van der Waals surface area contributed by atoms with E-state index in [1.807, 2.05) is 0 Å². The molecule has 0 bridgehead atoms. The van der Waals surface area contributed by atoms with Gasteiger partial charge in [0.05, 0.1) is 13.2 Å². The molecule has 2 heterocycles. The van der Waals surface area contributed by atoms with Crippen LogP contribution >= 0.6 is 0 Å². The molecular formula is C19H19N3O5. The summed E-state index contributed by atoms with van der Waals surface area (Å²) in [6, 6.07) is 7.71. The average Bonchev–Trinajstić information content (AvgIpc) is 3.14. The smallest absolute Gasteiger partial charge is 0.231 e. The van der Waals surface area contributed by atoms with E-state index in [0.717, 1.165) is 6.42 Å². The fraction of sp³-hybridized carbons (Fsp3) is 0.263. The number of fused-ring (bicyclic) bond motifs is 1. The molecule has 2 aliphatic rings. The summed E-state index contributed by atoms with van der Waals surface area (Å²) in [7, 11) is 1.48. The van der Waals surface area contributed by atoms with Crippen molar-refractivity contribution in [1.29, 1.82) is 0 Å². The van der Waals surface area contributed by atoms with Gasteiger partial charge < -0.3 is 29.7 Å². The quantitative estimate of drug-likeness (QED) is 0.764.